The van der Waals surface area contributed by atoms with Gasteiger partial charge in [-0.1, -0.05) is 20.8 Å². The third-order valence-electron chi connectivity index (χ3n) is 4.90. The minimum Gasteiger partial charge on any atom is -0.543 e. The Balaban J connectivity index is 2.18. The van der Waals surface area contributed by atoms with Crippen LogP contribution in [0.4, 0.5) is 4.79 Å². The molecule has 1 aliphatic rings. The van der Waals surface area contributed by atoms with Gasteiger partial charge in [0.25, 0.3) is 0 Å². The number of carbonyl (C=O) groups is 2. The first-order chi connectivity index (χ1) is 14.4. The predicted molar refractivity (Wildman–Crippen MR) is 119 cm³/mol. The molecule has 3 rings (SSSR count). The van der Waals surface area contributed by atoms with Crippen molar-refractivity contribution in [3.8, 4) is 0 Å². The lowest BCUT2D eigenvalue weighted by molar-refractivity contribution is -0.256. The number of carbonyl (C=O) groups excluding carboxylic acids is 2. The topological polar surface area (TPSA) is 118 Å². The van der Waals surface area contributed by atoms with Gasteiger partial charge in [0, 0.05) is 22.0 Å². The minimum atomic E-state index is -4.24. The number of hydrogen-bond donors (Lipinski definition) is 0. The molecule has 1 aromatic heterocycles. The number of nitrogens with zero attached hydrogens (tertiary/aromatic N) is 2. The third kappa shape index (κ3) is 5.04. The summed E-state index contributed by atoms with van der Waals surface area (Å²) < 4.78 is 40.0. The van der Waals surface area contributed by atoms with Crippen molar-refractivity contribution in [1.29, 1.82) is 0 Å². The maximum atomic E-state index is 13.4. The highest BCUT2D eigenvalue weighted by Gasteiger charge is 2.35. The maximum Gasteiger partial charge on any atom is 0.419 e. The summed E-state index contributed by atoms with van der Waals surface area (Å²) in [5, 5.41) is 12.2. The van der Waals surface area contributed by atoms with Crippen LogP contribution < -0.4 is 5.11 Å². The van der Waals surface area contributed by atoms with Crippen molar-refractivity contribution in [2.24, 2.45) is 5.41 Å². The van der Waals surface area contributed by atoms with Gasteiger partial charge in [-0.05, 0) is 52.6 Å². The zero-order chi connectivity index (χ0) is 23.0. The molecular weight excluding hydrogens is 539 g/mol. The number of benzene rings is 1. The van der Waals surface area contributed by atoms with Crippen molar-refractivity contribution in [2.75, 3.05) is 32.9 Å². The normalized spacial score (nSPS) is 15.9. The molecule has 1 aromatic carbocycles. The summed E-state index contributed by atoms with van der Waals surface area (Å²) in [6, 6.07) is 4.70. The third-order valence-corrected chi connectivity index (χ3v) is 7.55. The molecular formula is C20H24IN2O7S-. The SMILES string of the molecule is CC(C)(C)CCOC(=O)n1c(C(=O)[O-])c(S(=O)(=O)N2CCOCC2)c2cc(I)ccc21. The van der Waals surface area contributed by atoms with Crippen LogP contribution in [0.25, 0.3) is 10.9 Å². The molecule has 9 nitrogen and oxygen atoms in total. The number of hydrogen-bond acceptors (Lipinski definition) is 7. The van der Waals surface area contributed by atoms with Crippen molar-refractivity contribution in [2.45, 2.75) is 32.1 Å². The van der Waals surface area contributed by atoms with E-state index in [2.05, 4.69) is 0 Å². The molecule has 1 fully saturated rings. The second-order valence-electron chi connectivity index (χ2n) is 8.40. The van der Waals surface area contributed by atoms with Crippen LogP contribution in [0.5, 0.6) is 0 Å². The van der Waals surface area contributed by atoms with E-state index >= 15 is 0 Å². The van der Waals surface area contributed by atoms with Crippen LogP contribution in [0, 0.1) is 8.99 Å². The number of aromatic nitrogens is 1. The van der Waals surface area contributed by atoms with Crippen LogP contribution in [0.2, 0.25) is 0 Å². The molecule has 31 heavy (non-hydrogen) atoms. The van der Waals surface area contributed by atoms with E-state index in [4.69, 9.17) is 9.47 Å². The van der Waals surface area contributed by atoms with E-state index in [1.165, 1.54) is 12.1 Å². The zero-order valence-electron chi connectivity index (χ0n) is 17.5. The van der Waals surface area contributed by atoms with Crippen molar-refractivity contribution < 1.29 is 32.6 Å². The second-order valence-corrected chi connectivity index (χ2v) is 11.5. The van der Waals surface area contributed by atoms with E-state index in [1.54, 1.807) is 6.07 Å². The van der Waals surface area contributed by atoms with E-state index < -0.39 is 32.7 Å². The number of morpholine rings is 1. The Morgan fingerprint density at radius 2 is 1.87 bits per heavy atom. The van der Waals surface area contributed by atoms with Crippen LogP contribution in [0.1, 0.15) is 37.7 Å². The van der Waals surface area contributed by atoms with E-state index in [9.17, 15) is 23.1 Å². The molecule has 0 amide bonds. The van der Waals surface area contributed by atoms with Gasteiger partial charge in [0.05, 0.1) is 37.0 Å². The molecule has 0 atom stereocenters. The minimum absolute atomic E-state index is 0.0599. The Morgan fingerprint density at radius 1 is 1.23 bits per heavy atom. The molecule has 1 aliphatic heterocycles. The lowest BCUT2D eigenvalue weighted by atomic mass is 9.93. The molecule has 2 heterocycles. The average Bonchev–Trinajstić information content (AvgIpc) is 3.03. The van der Waals surface area contributed by atoms with Gasteiger partial charge in [-0.2, -0.15) is 4.31 Å². The molecule has 0 radical (unpaired) electrons. The molecule has 0 spiro atoms. The maximum absolute atomic E-state index is 13.4. The predicted octanol–water partition coefficient (Wildman–Crippen LogP) is 2.05. The lowest BCUT2D eigenvalue weighted by Crippen LogP contribution is -2.41. The fourth-order valence-corrected chi connectivity index (χ4v) is 5.53. The molecule has 1 saturated heterocycles. The number of halogens is 1. The summed E-state index contributed by atoms with van der Waals surface area (Å²) in [6.07, 6.45) is -0.409. The standard InChI is InChI=1S/C20H25IN2O7S/c1-20(2,3)6-9-30-19(26)23-15-5-4-13(21)12-14(15)17(16(23)18(24)25)31(27,28)22-7-10-29-11-8-22/h4-5,12H,6-11H2,1-3H3,(H,24,25)/p-1. The Labute approximate surface area is 194 Å². The highest BCUT2D eigenvalue weighted by atomic mass is 127. The number of aromatic carboxylic acids is 1. The molecule has 0 saturated carbocycles. The number of sulfonamides is 1. The van der Waals surface area contributed by atoms with Gasteiger partial charge >= 0.3 is 6.09 Å². The number of ether oxygens (including phenoxy) is 2. The lowest BCUT2D eigenvalue weighted by Gasteiger charge is -2.26. The van der Waals surface area contributed by atoms with Gasteiger partial charge in [0.1, 0.15) is 4.90 Å². The first-order valence-corrected chi connectivity index (χ1v) is 12.3. The van der Waals surface area contributed by atoms with Crippen LogP contribution in [0.15, 0.2) is 23.1 Å². The Kier molecular flexibility index (Phi) is 6.99. The first-order valence-electron chi connectivity index (χ1n) is 9.74. The second kappa shape index (κ2) is 9.04. The first kappa shape index (κ1) is 24.0. The largest absolute Gasteiger partial charge is 0.543 e. The van der Waals surface area contributed by atoms with Gasteiger partial charge in [-0.15, -0.1) is 0 Å². The van der Waals surface area contributed by atoms with Crippen molar-refractivity contribution in [1.82, 2.24) is 8.87 Å². The number of carboxylic acid groups (broad SMARTS) is 1. The number of fused-ring (bicyclic) bond motifs is 1. The fourth-order valence-electron chi connectivity index (χ4n) is 3.29. The molecule has 0 N–H and O–H groups in total. The summed E-state index contributed by atoms with van der Waals surface area (Å²) in [6.45, 7) is 6.57. The van der Waals surface area contributed by atoms with Crippen LogP contribution >= 0.6 is 22.6 Å². The van der Waals surface area contributed by atoms with Crippen molar-refractivity contribution >= 4 is 55.6 Å². The average molecular weight is 563 g/mol. The summed E-state index contributed by atoms with van der Waals surface area (Å²) in [5.74, 6) is -1.77. The van der Waals surface area contributed by atoms with Crippen LogP contribution in [0.3, 0.4) is 0 Å². The number of rotatable bonds is 5. The Hall–Kier alpha value is -1.70. The van der Waals surface area contributed by atoms with E-state index in [1.807, 2.05) is 43.4 Å². The van der Waals surface area contributed by atoms with Gasteiger partial charge in [0.15, 0.2) is 0 Å². The summed E-state index contributed by atoms with van der Waals surface area (Å²) in [7, 11) is -4.24. The molecule has 170 valence electrons. The smallest absolute Gasteiger partial charge is 0.419 e. The Bertz CT molecular complexity index is 1110. The summed E-state index contributed by atoms with van der Waals surface area (Å²) in [4.78, 5) is 24.5. The van der Waals surface area contributed by atoms with E-state index in [0.717, 1.165) is 8.87 Å². The fraction of sp³-hybridized carbons (Fsp3) is 0.500. The number of carboxylic acids is 1. The van der Waals surface area contributed by atoms with Gasteiger partial charge in [-0.25, -0.2) is 17.8 Å². The Morgan fingerprint density at radius 3 is 2.45 bits per heavy atom. The monoisotopic (exact) mass is 563 g/mol. The zero-order valence-corrected chi connectivity index (χ0v) is 20.5. The molecule has 11 heteroatoms. The highest BCUT2D eigenvalue weighted by molar-refractivity contribution is 14.1. The van der Waals surface area contributed by atoms with Gasteiger partial charge in [0.2, 0.25) is 10.0 Å². The van der Waals surface area contributed by atoms with Crippen molar-refractivity contribution in [3.63, 3.8) is 0 Å². The quantitative estimate of drug-likeness (QED) is 0.511. The molecule has 0 aliphatic carbocycles. The van der Waals surface area contributed by atoms with Crippen LogP contribution in [-0.4, -0.2) is 62.3 Å². The molecule has 2 aromatic rings. The van der Waals surface area contributed by atoms with E-state index in [0.29, 0.717) is 9.99 Å². The highest BCUT2D eigenvalue weighted by Crippen LogP contribution is 2.34. The summed E-state index contributed by atoms with van der Waals surface area (Å²) >= 11 is 2.00. The summed E-state index contributed by atoms with van der Waals surface area (Å²) in [5.41, 5.74) is -0.701. The molecule has 0 unspecified atom stereocenters. The van der Waals surface area contributed by atoms with Crippen molar-refractivity contribution in [3.05, 3.63) is 27.5 Å². The van der Waals surface area contributed by atoms with E-state index in [-0.39, 0.29) is 49.2 Å². The van der Waals surface area contributed by atoms with Gasteiger partial charge in [-0.3, -0.25) is 0 Å². The molecule has 0 bridgehead atoms. The van der Waals surface area contributed by atoms with Crippen LogP contribution in [-0.2, 0) is 19.5 Å². The van der Waals surface area contributed by atoms with Gasteiger partial charge < -0.3 is 19.4 Å².